The highest BCUT2D eigenvalue weighted by molar-refractivity contribution is 5.99. The van der Waals surface area contributed by atoms with Crippen LogP contribution in [0.2, 0.25) is 0 Å². The molecule has 0 unspecified atom stereocenters. The molecule has 1 aliphatic rings. The minimum absolute atomic E-state index is 0.0725. The molecule has 0 fully saturated rings. The van der Waals surface area contributed by atoms with Gasteiger partial charge in [0, 0.05) is 11.3 Å². The van der Waals surface area contributed by atoms with E-state index in [4.69, 9.17) is 16.2 Å². The van der Waals surface area contributed by atoms with Crippen molar-refractivity contribution >= 4 is 17.5 Å². The summed E-state index contributed by atoms with van der Waals surface area (Å²) in [5, 5.41) is 0. The molecule has 3 aromatic rings. The SMILES string of the molecule is C=CC(=O)N1Cc2c(N)c(C(N)=O)n(-c3ccc(Oc4ccc(C(C)(C)C)cc4)cc3)c2C1. The summed E-state index contributed by atoms with van der Waals surface area (Å²) in [5.74, 6) is 0.572. The summed E-state index contributed by atoms with van der Waals surface area (Å²) in [5.41, 5.74) is 15.9. The smallest absolute Gasteiger partial charge is 0.267 e. The first-order valence-corrected chi connectivity index (χ1v) is 10.7. The van der Waals surface area contributed by atoms with Crippen molar-refractivity contribution in [2.24, 2.45) is 5.73 Å². The van der Waals surface area contributed by atoms with E-state index in [0.717, 1.165) is 17.0 Å². The van der Waals surface area contributed by atoms with E-state index in [0.29, 0.717) is 30.2 Å². The highest BCUT2D eigenvalue weighted by Crippen LogP contribution is 2.36. The van der Waals surface area contributed by atoms with Crippen molar-refractivity contribution in [1.82, 2.24) is 9.47 Å². The average Bonchev–Trinajstić information content (AvgIpc) is 3.32. The molecule has 0 radical (unpaired) electrons. The van der Waals surface area contributed by atoms with Gasteiger partial charge in [0.15, 0.2) is 0 Å². The number of fused-ring (bicyclic) bond motifs is 1. The number of hydrogen-bond donors (Lipinski definition) is 2. The maximum atomic E-state index is 12.2. The number of benzene rings is 2. The van der Waals surface area contributed by atoms with Crippen molar-refractivity contribution in [3.8, 4) is 17.2 Å². The number of carbonyl (C=O) groups is 2. The van der Waals surface area contributed by atoms with Crippen LogP contribution in [-0.4, -0.2) is 21.3 Å². The Balaban J connectivity index is 1.63. The fourth-order valence-electron chi connectivity index (χ4n) is 4.09. The summed E-state index contributed by atoms with van der Waals surface area (Å²) in [6.07, 6.45) is 1.27. The van der Waals surface area contributed by atoms with Gasteiger partial charge in [-0.05, 0) is 53.5 Å². The minimum Gasteiger partial charge on any atom is -0.457 e. The maximum Gasteiger partial charge on any atom is 0.267 e. The Morgan fingerprint density at radius 2 is 1.58 bits per heavy atom. The van der Waals surface area contributed by atoms with E-state index >= 15 is 0 Å². The first kappa shape index (κ1) is 22.2. The molecule has 7 nitrogen and oxygen atoms in total. The highest BCUT2D eigenvalue weighted by Gasteiger charge is 2.33. The van der Waals surface area contributed by atoms with Crippen LogP contribution in [0, 0.1) is 0 Å². The van der Waals surface area contributed by atoms with Crippen LogP contribution in [0.3, 0.4) is 0 Å². The standard InChI is InChI=1S/C26H28N4O3/c1-5-22(31)29-14-20-21(15-29)30(24(23(20)27)25(28)32)17-8-12-19(13-9-17)33-18-10-6-16(7-11-18)26(2,3)4/h5-13H,1,14-15,27H2,2-4H3,(H2,28,32). The highest BCUT2D eigenvalue weighted by atomic mass is 16.5. The summed E-state index contributed by atoms with van der Waals surface area (Å²) < 4.78 is 7.71. The van der Waals surface area contributed by atoms with Crippen molar-refractivity contribution in [3.63, 3.8) is 0 Å². The van der Waals surface area contributed by atoms with Gasteiger partial charge in [-0.3, -0.25) is 9.59 Å². The lowest BCUT2D eigenvalue weighted by Gasteiger charge is -2.19. The molecular weight excluding hydrogens is 416 g/mol. The molecular formula is C26H28N4O3. The molecule has 2 heterocycles. The minimum atomic E-state index is -0.622. The normalized spacial score (nSPS) is 13.0. The molecule has 33 heavy (non-hydrogen) atoms. The Labute approximate surface area is 193 Å². The molecule has 1 aromatic heterocycles. The van der Waals surface area contributed by atoms with E-state index in [-0.39, 0.29) is 17.0 Å². The van der Waals surface area contributed by atoms with Crippen LogP contribution in [0.4, 0.5) is 5.69 Å². The van der Waals surface area contributed by atoms with Gasteiger partial charge in [-0.2, -0.15) is 0 Å². The van der Waals surface area contributed by atoms with Crippen molar-refractivity contribution in [1.29, 1.82) is 0 Å². The van der Waals surface area contributed by atoms with E-state index in [9.17, 15) is 9.59 Å². The Kier molecular flexibility index (Phi) is 5.49. The van der Waals surface area contributed by atoms with Crippen LogP contribution in [0.5, 0.6) is 11.5 Å². The number of nitrogen functional groups attached to an aromatic ring is 1. The van der Waals surface area contributed by atoms with Crippen molar-refractivity contribution < 1.29 is 14.3 Å². The number of primary amides is 1. The molecule has 1 aliphatic heterocycles. The fraction of sp³-hybridized carbons (Fsp3) is 0.231. The summed E-state index contributed by atoms with van der Waals surface area (Å²) >= 11 is 0. The number of aromatic nitrogens is 1. The van der Waals surface area contributed by atoms with Gasteiger partial charge in [-0.1, -0.05) is 39.5 Å². The van der Waals surface area contributed by atoms with E-state index < -0.39 is 5.91 Å². The third-order valence-electron chi connectivity index (χ3n) is 5.88. The number of rotatable bonds is 5. The van der Waals surface area contributed by atoms with Crippen LogP contribution in [0.15, 0.2) is 61.2 Å². The zero-order chi connectivity index (χ0) is 23.9. The molecule has 2 amide bonds. The number of hydrogen-bond acceptors (Lipinski definition) is 4. The van der Waals surface area contributed by atoms with Gasteiger partial charge >= 0.3 is 0 Å². The molecule has 7 heteroatoms. The fourth-order valence-corrected chi connectivity index (χ4v) is 4.09. The molecule has 0 aliphatic carbocycles. The molecule has 4 N–H and O–H groups in total. The summed E-state index contributed by atoms with van der Waals surface area (Å²) in [7, 11) is 0. The third-order valence-corrected chi connectivity index (χ3v) is 5.88. The molecule has 0 atom stereocenters. The second kappa shape index (κ2) is 8.16. The number of amides is 2. The first-order valence-electron chi connectivity index (χ1n) is 10.7. The van der Waals surface area contributed by atoms with Gasteiger partial charge in [0.2, 0.25) is 5.91 Å². The van der Waals surface area contributed by atoms with Gasteiger partial charge in [0.25, 0.3) is 5.91 Å². The molecule has 4 rings (SSSR count). The summed E-state index contributed by atoms with van der Waals surface area (Å²) in [4.78, 5) is 25.9. The second-order valence-electron chi connectivity index (χ2n) is 9.16. The monoisotopic (exact) mass is 444 g/mol. The summed E-state index contributed by atoms with van der Waals surface area (Å²) in [6, 6.07) is 15.3. The van der Waals surface area contributed by atoms with Gasteiger partial charge in [0.1, 0.15) is 17.2 Å². The van der Waals surface area contributed by atoms with E-state index in [1.165, 1.54) is 11.6 Å². The quantitative estimate of drug-likeness (QED) is 0.573. The number of anilines is 1. The number of nitrogens with zero attached hydrogens (tertiary/aromatic N) is 2. The van der Waals surface area contributed by atoms with Crippen molar-refractivity contribution in [3.05, 3.63) is 83.7 Å². The zero-order valence-corrected chi connectivity index (χ0v) is 19.1. The molecule has 2 aromatic carbocycles. The van der Waals surface area contributed by atoms with E-state index in [1.807, 2.05) is 36.4 Å². The number of nitrogens with two attached hydrogens (primary N) is 2. The maximum absolute atomic E-state index is 12.2. The van der Waals surface area contributed by atoms with Gasteiger partial charge in [0.05, 0.1) is 24.5 Å². The molecule has 0 saturated heterocycles. The lowest BCUT2D eigenvalue weighted by Crippen LogP contribution is -2.25. The molecule has 170 valence electrons. The number of ether oxygens (including phenoxy) is 1. The lowest BCUT2D eigenvalue weighted by atomic mass is 9.87. The molecule has 0 bridgehead atoms. The third kappa shape index (κ3) is 4.09. The van der Waals surface area contributed by atoms with Crippen LogP contribution in [0.1, 0.15) is 48.1 Å². The molecule has 0 spiro atoms. The van der Waals surface area contributed by atoms with Crippen LogP contribution in [-0.2, 0) is 23.3 Å². The Bertz CT molecular complexity index is 1230. The second-order valence-corrected chi connectivity index (χ2v) is 9.16. The molecule has 0 saturated carbocycles. The summed E-state index contributed by atoms with van der Waals surface area (Å²) in [6.45, 7) is 10.7. The predicted octanol–water partition coefficient (Wildman–Crippen LogP) is 4.28. The van der Waals surface area contributed by atoms with Gasteiger partial charge in [-0.15, -0.1) is 0 Å². The van der Waals surface area contributed by atoms with E-state index in [2.05, 4.69) is 39.5 Å². The van der Waals surface area contributed by atoms with Crippen LogP contribution >= 0.6 is 0 Å². The Hall–Kier alpha value is -4.00. The zero-order valence-electron chi connectivity index (χ0n) is 19.1. The predicted molar refractivity (Wildman–Crippen MR) is 128 cm³/mol. The lowest BCUT2D eigenvalue weighted by molar-refractivity contribution is -0.126. The van der Waals surface area contributed by atoms with Gasteiger partial charge < -0.3 is 25.7 Å². The Morgan fingerprint density at radius 1 is 1.00 bits per heavy atom. The van der Waals surface area contributed by atoms with Crippen LogP contribution in [0.25, 0.3) is 5.69 Å². The van der Waals surface area contributed by atoms with Crippen molar-refractivity contribution in [2.45, 2.75) is 39.3 Å². The van der Waals surface area contributed by atoms with Gasteiger partial charge in [-0.25, -0.2) is 0 Å². The largest absolute Gasteiger partial charge is 0.457 e. The Morgan fingerprint density at radius 3 is 2.09 bits per heavy atom. The van der Waals surface area contributed by atoms with Crippen molar-refractivity contribution in [2.75, 3.05) is 5.73 Å². The first-order chi connectivity index (χ1) is 15.6. The average molecular weight is 445 g/mol. The number of carbonyl (C=O) groups excluding carboxylic acids is 2. The van der Waals surface area contributed by atoms with Crippen LogP contribution < -0.4 is 16.2 Å². The topological polar surface area (TPSA) is 104 Å². The van der Waals surface area contributed by atoms with E-state index in [1.54, 1.807) is 9.47 Å².